The van der Waals surface area contributed by atoms with Crippen molar-refractivity contribution in [3.05, 3.63) is 53.0 Å². The first kappa shape index (κ1) is 17.7. The fourth-order valence-electron chi connectivity index (χ4n) is 3.81. The van der Waals surface area contributed by atoms with E-state index in [1.54, 1.807) is 0 Å². The van der Waals surface area contributed by atoms with Crippen LogP contribution in [0.15, 0.2) is 30.6 Å². The topological polar surface area (TPSA) is 37.2 Å². The number of allylic oxidation sites excluding steroid dienone is 1. The van der Waals surface area contributed by atoms with Crippen LogP contribution < -0.4 is 4.90 Å². The summed E-state index contributed by atoms with van der Waals surface area (Å²) < 4.78 is 2.38. The second kappa shape index (κ2) is 6.82. The number of aryl methyl sites for hydroxylation is 1. The summed E-state index contributed by atoms with van der Waals surface area (Å²) in [4.78, 5) is 13.2. The van der Waals surface area contributed by atoms with Gasteiger partial charge in [-0.15, -0.1) is 0 Å². The fraction of sp³-hybridized carbons (Fsp3) is 0.364. The molecule has 0 saturated heterocycles. The number of benzene rings is 1. The van der Waals surface area contributed by atoms with Crippen LogP contribution in [0.3, 0.4) is 0 Å². The van der Waals surface area contributed by atoms with Gasteiger partial charge in [0, 0.05) is 68.8 Å². The Morgan fingerprint density at radius 1 is 1.19 bits per heavy atom. The van der Waals surface area contributed by atoms with Crippen LogP contribution in [0.4, 0.5) is 5.95 Å². The van der Waals surface area contributed by atoms with E-state index in [4.69, 9.17) is 0 Å². The van der Waals surface area contributed by atoms with Crippen LogP contribution in [-0.4, -0.2) is 47.1 Å². The lowest BCUT2D eigenvalue weighted by Crippen LogP contribution is -2.26. The van der Waals surface area contributed by atoms with E-state index in [0.29, 0.717) is 0 Å². The molecule has 1 aliphatic heterocycles. The van der Waals surface area contributed by atoms with Crippen LogP contribution in [0, 0.1) is 6.92 Å². The Morgan fingerprint density at radius 2 is 1.93 bits per heavy atom. The van der Waals surface area contributed by atoms with E-state index in [-0.39, 0.29) is 0 Å². The first-order chi connectivity index (χ1) is 12.9. The monoisotopic (exact) mass is 361 g/mol. The molecule has 0 N–H and O–H groups in total. The van der Waals surface area contributed by atoms with Crippen molar-refractivity contribution in [1.82, 2.24) is 19.4 Å². The van der Waals surface area contributed by atoms with Gasteiger partial charge in [0.2, 0.25) is 5.95 Å². The van der Waals surface area contributed by atoms with E-state index < -0.39 is 0 Å². The van der Waals surface area contributed by atoms with E-state index in [1.165, 1.54) is 33.3 Å². The normalized spacial score (nSPS) is 15.2. The van der Waals surface area contributed by atoms with Crippen molar-refractivity contribution < 1.29 is 0 Å². The third-order valence-corrected chi connectivity index (χ3v) is 5.35. The summed E-state index contributed by atoms with van der Waals surface area (Å²) in [6.45, 7) is 6.40. The molecule has 0 amide bonds. The van der Waals surface area contributed by atoms with Crippen LogP contribution in [0.25, 0.3) is 22.7 Å². The van der Waals surface area contributed by atoms with Gasteiger partial charge in [-0.1, -0.05) is 11.6 Å². The molecule has 5 heteroatoms. The Hall–Kier alpha value is -2.66. The standard InChI is InChI=1S/C22H27N5/c1-15-6-7-20-18(10-15)19-14-26(5)9-8-21(19)27(20)13-16(2)17-11-23-22(24-12-17)25(3)4/h6-7,10-13H,8-9,14H2,1-5H3/b16-13+. The van der Waals surface area contributed by atoms with Gasteiger partial charge in [0.05, 0.1) is 5.52 Å². The molecule has 3 heterocycles. The summed E-state index contributed by atoms with van der Waals surface area (Å²) in [6, 6.07) is 6.77. The Morgan fingerprint density at radius 3 is 2.63 bits per heavy atom. The third kappa shape index (κ3) is 3.23. The lowest BCUT2D eigenvalue weighted by atomic mass is 10.0. The lowest BCUT2D eigenvalue weighted by molar-refractivity contribution is 0.312. The Bertz CT molecular complexity index is 1010. The predicted octanol–water partition coefficient (Wildman–Crippen LogP) is 3.81. The van der Waals surface area contributed by atoms with Gasteiger partial charge in [0.25, 0.3) is 0 Å². The molecule has 27 heavy (non-hydrogen) atoms. The summed E-state index contributed by atoms with van der Waals surface area (Å²) in [5.41, 5.74) is 7.70. The van der Waals surface area contributed by atoms with Crippen LogP contribution in [0.1, 0.15) is 29.3 Å². The molecule has 1 aliphatic rings. The molecule has 0 atom stereocenters. The highest BCUT2D eigenvalue weighted by Crippen LogP contribution is 2.32. The highest BCUT2D eigenvalue weighted by Gasteiger charge is 2.21. The van der Waals surface area contributed by atoms with Gasteiger partial charge in [-0.05, 0) is 44.2 Å². The number of fused-ring (bicyclic) bond motifs is 3. The molecule has 5 nitrogen and oxygen atoms in total. The average molecular weight is 361 g/mol. The van der Waals surface area contributed by atoms with E-state index in [2.05, 4.69) is 64.7 Å². The number of hydrogen-bond acceptors (Lipinski definition) is 4. The van der Waals surface area contributed by atoms with Crippen molar-refractivity contribution in [2.24, 2.45) is 0 Å². The van der Waals surface area contributed by atoms with Gasteiger partial charge in [-0.2, -0.15) is 0 Å². The van der Waals surface area contributed by atoms with Gasteiger partial charge in [0.1, 0.15) is 0 Å². The minimum Gasteiger partial charge on any atom is -0.347 e. The lowest BCUT2D eigenvalue weighted by Gasteiger charge is -2.23. The quantitative estimate of drug-likeness (QED) is 0.711. The van der Waals surface area contributed by atoms with Gasteiger partial charge in [0.15, 0.2) is 0 Å². The van der Waals surface area contributed by atoms with Gasteiger partial charge in [-0.25, -0.2) is 9.97 Å². The minimum atomic E-state index is 0.730. The number of rotatable bonds is 3. The molecule has 0 spiro atoms. The first-order valence-electron chi connectivity index (χ1n) is 9.43. The maximum atomic E-state index is 4.46. The van der Waals surface area contributed by atoms with E-state index in [0.717, 1.165) is 31.0 Å². The molecular weight excluding hydrogens is 334 g/mol. The summed E-state index contributed by atoms with van der Waals surface area (Å²) >= 11 is 0. The maximum absolute atomic E-state index is 4.46. The number of hydrogen-bond donors (Lipinski definition) is 0. The molecule has 0 fully saturated rings. The van der Waals surface area contributed by atoms with E-state index in [9.17, 15) is 0 Å². The van der Waals surface area contributed by atoms with Crippen LogP contribution in [-0.2, 0) is 13.0 Å². The van der Waals surface area contributed by atoms with Crippen LogP contribution in [0.2, 0.25) is 0 Å². The van der Waals surface area contributed by atoms with Gasteiger partial charge >= 0.3 is 0 Å². The van der Waals surface area contributed by atoms with Crippen LogP contribution >= 0.6 is 0 Å². The predicted molar refractivity (Wildman–Crippen MR) is 113 cm³/mol. The molecular formula is C22H27N5. The van der Waals surface area contributed by atoms with E-state index >= 15 is 0 Å². The zero-order valence-electron chi connectivity index (χ0n) is 16.8. The van der Waals surface area contributed by atoms with Gasteiger partial charge < -0.3 is 14.4 Å². The Kier molecular flexibility index (Phi) is 4.48. The summed E-state index contributed by atoms with van der Waals surface area (Å²) in [6.07, 6.45) is 7.13. The second-order valence-corrected chi connectivity index (χ2v) is 7.78. The SMILES string of the molecule is C/C(=C\n1c2c(c3cc(C)ccc31)CN(C)CC2)c1cnc(N(C)C)nc1. The number of anilines is 1. The van der Waals surface area contributed by atoms with Crippen molar-refractivity contribution in [1.29, 1.82) is 0 Å². The fourth-order valence-corrected chi connectivity index (χ4v) is 3.81. The number of aromatic nitrogens is 3. The first-order valence-corrected chi connectivity index (χ1v) is 9.43. The molecule has 0 unspecified atom stereocenters. The molecule has 1 aromatic carbocycles. The summed E-state index contributed by atoms with van der Waals surface area (Å²) in [5.74, 6) is 0.730. The molecule has 0 saturated carbocycles. The molecule has 4 rings (SSSR count). The zero-order valence-corrected chi connectivity index (χ0v) is 16.8. The van der Waals surface area contributed by atoms with E-state index in [1.807, 2.05) is 31.4 Å². The molecule has 0 radical (unpaired) electrons. The largest absolute Gasteiger partial charge is 0.347 e. The molecule has 2 aromatic heterocycles. The van der Waals surface area contributed by atoms with Crippen molar-refractivity contribution in [3.63, 3.8) is 0 Å². The molecule has 0 bridgehead atoms. The minimum absolute atomic E-state index is 0.730. The highest BCUT2D eigenvalue weighted by atomic mass is 15.2. The molecule has 3 aromatic rings. The average Bonchev–Trinajstić information content (AvgIpc) is 2.94. The third-order valence-electron chi connectivity index (χ3n) is 5.35. The molecule has 0 aliphatic carbocycles. The Labute approximate surface area is 161 Å². The van der Waals surface area contributed by atoms with Crippen LogP contribution in [0.5, 0.6) is 0 Å². The summed E-state index contributed by atoms with van der Waals surface area (Å²) in [7, 11) is 6.11. The summed E-state index contributed by atoms with van der Waals surface area (Å²) in [5, 5.41) is 1.37. The van der Waals surface area contributed by atoms with Crippen molar-refractivity contribution in [3.8, 4) is 0 Å². The smallest absolute Gasteiger partial charge is 0.224 e. The highest BCUT2D eigenvalue weighted by molar-refractivity contribution is 5.90. The van der Waals surface area contributed by atoms with Gasteiger partial charge in [-0.3, -0.25) is 0 Å². The zero-order chi connectivity index (χ0) is 19.1. The Balaban J connectivity index is 1.82. The number of likely N-dealkylation sites (N-methyl/N-ethyl adjacent to an activating group) is 1. The van der Waals surface area contributed by atoms with Crippen molar-refractivity contribution in [2.75, 3.05) is 32.6 Å². The maximum Gasteiger partial charge on any atom is 0.224 e. The van der Waals surface area contributed by atoms with Crippen molar-refractivity contribution >= 4 is 28.6 Å². The molecule has 140 valence electrons. The second-order valence-electron chi connectivity index (χ2n) is 7.78. The van der Waals surface area contributed by atoms with Crippen molar-refractivity contribution in [2.45, 2.75) is 26.8 Å². The number of nitrogens with zero attached hydrogens (tertiary/aromatic N) is 5.